The number of benzene rings is 1. The van der Waals surface area contributed by atoms with Gasteiger partial charge in [-0.15, -0.1) is 0 Å². The van der Waals surface area contributed by atoms with E-state index >= 15 is 0 Å². The first kappa shape index (κ1) is 14.0. The van der Waals surface area contributed by atoms with E-state index in [4.69, 9.17) is 0 Å². The van der Waals surface area contributed by atoms with Gasteiger partial charge in [0.2, 0.25) is 0 Å². The molecule has 2 aliphatic carbocycles. The molecule has 0 bridgehead atoms. The molecule has 0 aliphatic heterocycles. The lowest BCUT2D eigenvalue weighted by Gasteiger charge is -2.45. The maximum absolute atomic E-state index is 10.9. The Morgan fingerprint density at radius 2 is 1.90 bits per heavy atom. The normalized spacial score (nSPS) is 31.3. The first-order valence-corrected chi connectivity index (χ1v) is 8.22. The molecule has 0 radical (unpaired) electrons. The Balaban J connectivity index is 1.71. The topological polar surface area (TPSA) is 60.4 Å². The molecule has 0 amide bonds. The van der Waals surface area contributed by atoms with E-state index in [1.54, 1.807) is 12.1 Å². The summed E-state index contributed by atoms with van der Waals surface area (Å²) in [6.07, 6.45) is 8.45. The predicted molar refractivity (Wildman–Crippen MR) is 77.7 cm³/mol. The van der Waals surface area contributed by atoms with Gasteiger partial charge in [-0.1, -0.05) is 18.2 Å². The predicted octanol–water partition coefficient (Wildman–Crippen LogP) is 3.02. The smallest absolute Gasteiger partial charge is 0.0550 e. The second-order valence-electron chi connectivity index (χ2n) is 6.09. The molecule has 108 valence electrons. The number of rotatable bonds is 2. The molecule has 4 heteroatoms. The van der Waals surface area contributed by atoms with Crippen molar-refractivity contribution in [2.75, 3.05) is 0 Å². The summed E-state index contributed by atoms with van der Waals surface area (Å²) in [5.74, 6) is 0. The van der Waals surface area contributed by atoms with Gasteiger partial charge < -0.3 is 9.66 Å². The molecule has 0 saturated heterocycles. The molecule has 1 fully saturated rings. The van der Waals surface area contributed by atoms with Crippen LogP contribution in [0.1, 0.15) is 44.1 Å². The molecule has 2 aliphatic rings. The number of hydrogen-bond donors (Lipinski definition) is 1. The van der Waals surface area contributed by atoms with Crippen molar-refractivity contribution in [2.24, 2.45) is 5.41 Å². The summed E-state index contributed by atoms with van der Waals surface area (Å²) >= 11 is -2.15. The maximum Gasteiger partial charge on any atom is 0.0550 e. The Labute approximate surface area is 122 Å². The van der Waals surface area contributed by atoms with Crippen molar-refractivity contribution in [3.63, 3.8) is 0 Å². The zero-order valence-corrected chi connectivity index (χ0v) is 12.2. The average molecular weight is 291 g/mol. The summed E-state index contributed by atoms with van der Waals surface area (Å²) < 4.78 is 21.7. The van der Waals surface area contributed by atoms with Crippen LogP contribution in [0.25, 0.3) is 5.57 Å². The molecule has 0 heterocycles. The number of hydrogen-bond acceptors (Lipinski definition) is 3. The minimum atomic E-state index is -2.15. The highest BCUT2D eigenvalue weighted by molar-refractivity contribution is 7.79. The van der Waals surface area contributed by atoms with Crippen LogP contribution in [-0.4, -0.2) is 20.0 Å². The van der Waals surface area contributed by atoms with Gasteiger partial charge in [-0.05, 0) is 78.3 Å². The molecule has 1 spiro atoms. The highest BCUT2D eigenvalue weighted by Gasteiger charge is 2.42. The van der Waals surface area contributed by atoms with Crippen LogP contribution < -0.4 is 0 Å². The van der Waals surface area contributed by atoms with Crippen LogP contribution in [0.3, 0.4) is 0 Å². The van der Waals surface area contributed by atoms with E-state index < -0.39 is 11.1 Å². The van der Waals surface area contributed by atoms with E-state index in [9.17, 15) is 13.9 Å². The van der Waals surface area contributed by atoms with Crippen molar-refractivity contribution in [3.8, 4) is 0 Å². The molecule has 3 rings (SSSR count). The van der Waals surface area contributed by atoms with Crippen molar-refractivity contribution in [1.82, 2.24) is 0 Å². The zero-order valence-electron chi connectivity index (χ0n) is 11.4. The Kier molecular flexibility index (Phi) is 3.80. The molecule has 3 nitrogen and oxygen atoms in total. The van der Waals surface area contributed by atoms with Crippen LogP contribution in [0.2, 0.25) is 0 Å². The van der Waals surface area contributed by atoms with Gasteiger partial charge in [-0.2, -0.15) is 0 Å². The van der Waals surface area contributed by atoms with Crippen molar-refractivity contribution in [3.05, 3.63) is 35.9 Å². The van der Waals surface area contributed by atoms with Crippen molar-refractivity contribution in [2.45, 2.75) is 49.5 Å². The third-order valence-electron chi connectivity index (χ3n) is 4.74. The summed E-state index contributed by atoms with van der Waals surface area (Å²) in [5.41, 5.74) is 2.79. The second kappa shape index (κ2) is 5.43. The molecule has 0 aromatic heterocycles. The van der Waals surface area contributed by atoms with E-state index in [0.29, 0.717) is 10.3 Å². The fourth-order valence-corrected chi connectivity index (χ4v) is 3.93. The minimum absolute atomic E-state index is 0.0946. The Bertz CT molecular complexity index is 541. The monoisotopic (exact) mass is 291 g/mol. The molecule has 1 atom stereocenters. The Morgan fingerprint density at radius 3 is 2.50 bits per heavy atom. The quantitative estimate of drug-likeness (QED) is 0.852. The van der Waals surface area contributed by atoms with Gasteiger partial charge in [-0.25, -0.2) is 0 Å². The minimum Gasteiger partial charge on any atom is -0.768 e. The van der Waals surface area contributed by atoms with Crippen molar-refractivity contribution < 1.29 is 13.9 Å². The van der Waals surface area contributed by atoms with Gasteiger partial charge in [-0.3, -0.25) is 4.21 Å². The molecule has 1 saturated carbocycles. The summed E-state index contributed by atoms with van der Waals surface area (Å²) in [6, 6.07) is 7.11. The van der Waals surface area contributed by atoms with E-state index in [1.165, 1.54) is 5.57 Å². The third-order valence-corrected chi connectivity index (χ3v) is 5.40. The summed E-state index contributed by atoms with van der Waals surface area (Å²) in [5, 5.41) is 9.55. The van der Waals surface area contributed by atoms with Crippen molar-refractivity contribution in [1.29, 1.82) is 0 Å². The van der Waals surface area contributed by atoms with Gasteiger partial charge in [0.25, 0.3) is 0 Å². The standard InChI is InChI=1S/C16H20O3S/c17-14-10-16(11-14)8-1-2-12(7-9-16)13-3-5-15(6-4-13)20(18)19/h2-6,14,17H,1,7-11H2,(H,18,19)/p-1. The first-order valence-electron chi connectivity index (χ1n) is 7.15. The Morgan fingerprint density at radius 1 is 1.20 bits per heavy atom. The SMILES string of the molecule is O=S([O-])c1ccc(C2=CCCC3(CC2)CC(O)C3)cc1. The summed E-state index contributed by atoms with van der Waals surface area (Å²) in [6.45, 7) is 0. The Hall–Kier alpha value is -0.970. The molecule has 1 unspecified atom stereocenters. The largest absolute Gasteiger partial charge is 0.768 e. The van der Waals surface area contributed by atoms with Gasteiger partial charge in [0.15, 0.2) is 0 Å². The lowest BCUT2D eigenvalue weighted by Crippen LogP contribution is -2.40. The second-order valence-corrected chi connectivity index (χ2v) is 7.03. The van der Waals surface area contributed by atoms with E-state index in [-0.39, 0.29) is 6.10 Å². The number of aliphatic hydroxyl groups excluding tert-OH is 1. The van der Waals surface area contributed by atoms with Gasteiger partial charge in [0.1, 0.15) is 0 Å². The first-order chi connectivity index (χ1) is 9.58. The number of aliphatic hydroxyl groups is 1. The van der Waals surface area contributed by atoms with Crippen LogP contribution in [0.4, 0.5) is 0 Å². The van der Waals surface area contributed by atoms with Crippen LogP contribution >= 0.6 is 0 Å². The van der Waals surface area contributed by atoms with E-state index in [0.717, 1.165) is 44.1 Å². The van der Waals surface area contributed by atoms with Gasteiger partial charge in [0.05, 0.1) is 6.10 Å². The molecule has 1 aromatic rings. The fourth-order valence-electron chi connectivity index (χ4n) is 3.57. The molecule has 1 aromatic carbocycles. The maximum atomic E-state index is 10.9. The molecular formula is C16H19O3S-. The van der Waals surface area contributed by atoms with E-state index in [2.05, 4.69) is 6.08 Å². The fraction of sp³-hybridized carbons (Fsp3) is 0.500. The average Bonchev–Trinajstić information content (AvgIpc) is 2.62. The highest BCUT2D eigenvalue weighted by Crippen LogP contribution is 2.51. The lowest BCUT2D eigenvalue weighted by atomic mass is 9.62. The molecular weight excluding hydrogens is 272 g/mol. The molecule has 1 N–H and O–H groups in total. The van der Waals surface area contributed by atoms with Crippen LogP contribution in [0, 0.1) is 5.41 Å². The van der Waals surface area contributed by atoms with Crippen LogP contribution in [0.5, 0.6) is 0 Å². The van der Waals surface area contributed by atoms with Crippen LogP contribution in [0.15, 0.2) is 35.2 Å². The van der Waals surface area contributed by atoms with Crippen LogP contribution in [-0.2, 0) is 11.1 Å². The third kappa shape index (κ3) is 2.73. The molecule has 20 heavy (non-hydrogen) atoms. The van der Waals surface area contributed by atoms with Crippen molar-refractivity contribution >= 4 is 16.7 Å². The lowest BCUT2D eigenvalue weighted by molar-refractivity contribution is -0.0403. The highest BCUT2D eigenvalue weighted by atomic mass is 32.2. The zero-order chi connectivity index (χ0) is 14.2. The summed E-state index contributed by atoms with van der Waals surface area (Å²) in [4.78, 5) is 0.335. The van der Waals surface area contributed by atoms with Gasteiger partial charge >= 0.3 is 0 Å². The van der Waals surface area contributed by atoms with E-state index in [1.807, 2.05) is 12.1 Å². The summed E-state index contributed by atoms with van der Waals surface area (Å²) in [7, 11) is 0. The number of allylic oxidation sites excluding steroid dienone is 2. The van der Waals surface area contributed by atoms with Gasteiger partial charge in [0, 0.05) is 4.90 Å².